The Kier molecular flexibility index (Phi) is 6.56. The van der Waals surface area contributed by atoms with Crippen molar-refractivity contribution < 1.29 is 24.5 Å². The average Bonchev–Trinajstić information content (AvgIpc) is 4.00. The van der Waals surface area contributed by atoms with E-state index in [1.807, 2.05) is 36.4 Å². The van der Waals surface area contributed by atoms with Crippen LogP contribution in [0.3, 0.4) is 0 Å². The maximum Gasteiger partial charge on any atom is 0.407 e. The number of pyridine rings is 2. The van der Waals surface area contributed by atoms with Gasteiger partial charge in [0.05, 0.1) is 31.1 Å². The third-order valence-electron chi connectivity index (χ3n) is 9.71. The number of nitrogens with zero attached hydrogens (tertiary/aromatic N) is 6. The summed E-state index contributed by atoms with van der Waals surface area (Å²) in [6, 6.07) is 12.8. The van der Waals surface area contributed by atoms with Gasteiger partial charge in [0.1, 0.15) is 21.9 Å². The SMILES string of the molecule is [2H]C([2H])([2H])n1c(=O)n([C@@H]2CC[C@@]([2H])(NC(=O)OC)C2)c2cc(Nc3ccc4c(I)nn([C@@]5(C(=O)OCc6ccccc6)C[C@@H]5C5CC5)c4n3)ncc21. The molecule has 5 aromatic rings. The molecule has 8 rings (SSSR count). The summed E-state index contributed by atoms with van der Waals surface area (Å²) < 4.78 is 48.1. The molecule has 4 atom stereocenters. The van der Waals surface area contributed by atoms with E-state index in [0.717, 1.165) is 28.4 Å². The van der Waals surface area contributed by atoms with Crippen molar-refractivity contribution >= 4 is 68.4 Å². The molecule has 0 radical (unpaired) electrons. The summed E-state index contributed by atoms with van der Waals surface area (Å²) in [6.07, 6.45) is 3.93. The van der Waals surface area contributed by atoms with Gasteiger partial charge in [-0.2, -0.15) is 5.10 Å². The number of aromatic nitrogens is 6. The second-order valence-electron chi connectivity index (χ2n) is 12.7. The Morgan fingerprint density at radius 1 is 1.12 bits per heavy atom. The number of hydrogen-bond donors (Lipinski definition) is 2. The number of nitrogens with one attached hydrogen (secondary N) is 2. The minimum Gasteiger partial charge on any atom is -0.459 e. The smallest absolute Gasteiger partial charge is 0.407 e. The summed E-state index contributed by atoms with van der Waals surface area (Å²) in [6.45, 7) is -2.64. The summed E-state index contributed by atoms with van der Waals surface area (Å²) in [5, 5.41) is 11.3. The number of imidazole rings is 1. The van der Waals surface area contributed by atoms with Crippen molar-refractivity contribution in [1.82, 2.24) is 34.2 Å². The zero-order valence-electron chi connectivity index (χ0n) is 30.0. The van der Waals surface area contributed by atoms with Crippen LogP contribution in [0.2, 0.25) is 0 Å². The molecule has 0 bridgehead atoms. The van der Waals surface area contributed by atoms with Gasteiger partial charge in [-0.15, -0.1) is 0 Å². The second-order valence-corrected chi connectivity index (χ2v) is 13.7. The van der Waals surface area contributed by atoms with Gasteiger partial charge in [0, 0.05) is 35.1 Å². The number of carbonyl (C=O) groups excluding carboxylic acids is 2. The molecule has 14 heteroatoms. The molecule has 2 N–H and O–H groups in total. The first-order chi connectivity index (χ1) is 24.8. The molecule has 248 valence electrons. The molecule has 3 saturated carbocycles. The van der Waals surface area contributed by atoms with Crippen molar-refractivity contribution in [2.45, 2.75) is 62.7 Å². The summed E-state index contributed by atoms with van der Waals surface area (Å²) in [5.74, 6) is 0.875. The number of carbonyl (C=O) groups is 2. The van der Waals surface area contributed by atoms with E-state index >= 15 is 0 Å². The number of fused-ring (bicyclic) bond motifs is 2. The maximum absolute atomic E-state index is 13.9. The molecule has 3 aliphatic rings. The van der Waals surface area contributed by atoms with Crippen LogP contribution in [0.1, 0.15) is 55.6 Å². The largest absolute Gasteiger partial charge is 0.459 e. The van der Waals surface area contributed by atoms with Crippen LogP contribution in [0.4, 0.5) is 16.4 Å². The van der Waals surface area contributed by atoms with Gasteiger partial charge in [0.25, 0.3) is 0 Å². The molecule has 0 aliphatic heterocycles. The van der Waals surface area contributed by atoms with E-state index in [0.29, 0.717) is 45.3 Å². The fourth-order valence-electron chi connectivity index (χ4n) is 7.08. The first-order valence-electron chi connectivity index (χ1n) is 17.8. The molecule has 0 saturated heterocycles. The highest BCUT2D eigenvalue weighted by Crippen LogP contribution is 2.62. The van der Waals surface area contributed by atoms with E-state index in [-0.39, 0.29) is 36.9 Å². The van der Waals surface area contributed by atoms with E-state index < -0.39 is 36.4 Å². The molecule has 48 heavy (non-hydrogen) atoms. The number of halogens is 1. The lowest BCUT2D eigenvalue weighted by Gasteiger charge is -2.18. The summed E-state index contributed by atoms with van der Waals surface area (Å²) >= 11 is 2.15. The normalized spacial score (nSPS) is 26.4. The number of aryl methyl sites for hydroxylation is 1. The van der Waals surface area contributed by atoms with Gasteiger partial charge >= 0.3 is 17.8 Å². The van der Waals surface area contributed by atoms with Crippen LogP contribution in [-0.2, 0) is 33.4 Å². The summed E-state index contributed by atoms with van der Waals surface area (Å²) in [4.78, 5) is 48.9. The lowest BCUT2D eigenvalue weighted by molar-refractivity contribution is -0.151. The lowest BCUT2D eigenvalue weighted by Crippen LogP contribution is -2.33. The van der Waals surface area contributed by atoms with Gasteiger partial charge in [-0.3, -0.25) is 9.13 Å². The van der Waals surface area contributed by atoms with Crippen molar-refractivity contribution in [2.24, 2.45) is 18.8 Å². The van der Waals surface area contributed by atoms with E-state index in [1.165, 1.54) is 17.9 Å². The fraction of sp³-hybridized carbons (Fsp3) is 0.412. The number of hydrogen-bond acceptors (Lipinski definition) is 9. The van der Waals surface area contributed by atoms with Crippen molar-refractivity contribution in [3.8, 4) is 0 Å². The van der Waals surface area contributed by atoms with E-state index in [1.54, 1.807) is 16.8 Å². The third kappa shape index (κ3) is 5.29. The number of methoxy groups -OCH3 is 1. The number of esters is 1. The zero-order chi connectivity index (χ0) is 36.6. The molecule has 4 aromatic heterocycles. The van der Waals surface area contributed by atoms with Crippen LogP contribution in [0.5, 0.6) is 0 Å². The fourth-order valence-corrected chi connectivity index (χ4v) is 7.72. The lowest BCUT2D eigenvalue weighted by atomic mass is 10.1. The topological polar surface area (TPSA) is 147 Å². The number of benzene rings is 1. The predicted octanol–water partition coefficient (Wildman–Crippen LogP) is 5.15. The quantitative estimate of drug-likeness (QED) is 0.154. The van der Waals surface area contributed by atoms with Gasteiger partial charge in [0.2, 0.25) is 0 Å². The van der Waals surface area contributed by atoms with Gasteiger partial charge in [0.15, 0.2) is 11.2 Å². The Bertz CT molecular complexity index is 2290. The molecule has 3 fully saturated rings. The van der Waals surface area contributed by atoms with Crippen molar-refractivity contribution in [2.75, 3.05) is 12.4 Å². The summed E-state index contributed by atoms with van der Waals surface area (Å²) in [5.41, 5.74) is 0.0805. The molecule has 3 aliphatic carbocycles. The predicted molar refractivity (Wildman–Crippen MR) is 186 cm³/mol. The van der Waals surface area contributed by atoms with Gasteiger partial charge in [-0.25, -0.2) is 29.0 Å². The van der Waals surface area contributed by atoms with Crippen LogP contribution in [0.15, 0.2) is 59.5 Å². The first kappa shape index (κ1) is 26.5. The van der Waals surface area contributed by atoms with Crippen LogP contribution in [-0.4, -0.2) is 54.1 Å². The van der Waals surface area contributed by atoms with E-state index in [4.69, 9.17) is 20.3 Å². The monoisotopic (exact) mass is 766 g/mol. The number of alkyl carbamates (subject to hydrolysis) is 1. The van der Waals surface area contributed by atoms with Crippen LogP contribution in [0, 0.1) is 15.5 Å². The van der Waals surface area contributed by atoms with Gasteiger partial charge in [-0.05, 0) is 84.7 Å². The van der Waals surface area contributed by atoms with Crippen LogP contribution in [0.25, 0.3) is 22.1 Å². The van der Waals surface area contributed by atoms with Gasteiger partial charge in [-0.1, -0.05) is 30.3 Å². The Morgan fingerprint density at radius 3 is 2.73 bits per heavy atom. The van der Waals surface area contributed by atoms with Crippen molar-refractivity contribution in [3.63, 3.8) is 0 Å². The van der Waals surface area contributed by atoms with E-state index in [2.05, 4.69) is 42.9 Å². The minimum atomic E-state index is -2.79. The van der Waals surface area contributed by atoms with Crippen molar-refractivity contribution in [1.29, 1.82) is 0 Å². The first-order valence-corrected chi connectivity index (χ1v) is 16.9. The van der Waals surface area contributed by atoms with E-state index in [9.17, 15) is 14.4 Å². The molecule has 13 nitrogen and oxygen atoms in total. The molecule has 0 spiro atoms. The number of anilines is 2. The molecular formula is C34H35IN8O5. The maximum atomic E-state index is 13.9. The van der Waals surface area contributed by atoms with Crippen LogP contribution < -0.4 is 16.3 Å². The molecule has 1 amide bonds. The third-order valence-corrected chi connectivity index (χ3v) is 10.5. The zero-order valence-corrected chi connectivity index (χ0v) is 28.1. The van der Waals surface area contributed by atoms with Crippen LogP contribution >= 0.6 is 22.6 Å². The highest BCUT2D eigenvalue weighted by Gasteiger charge is 2.68. The number of ether oxygens (including phenoxy) is 2. The molecule has 0 unspecified atom stereocenters. The number of rotatable bonds is 9. The van der Waals surface area contributed by atoms with Gasteiger partial charge < -0.3 is 20.1 Å². The van der Waals surface area contributed by atoms with Crippen molar-refractivity contribution in [3.05, 3.63) is 74.5 Å². The molecule has 4 heterocycles. The minimum absolute atomic E-state index is 0.0609. The Balaban J connectivity index is 1.13. The number of amides is 1. The second kappa shape index (κ2) is 11.9. The standard InChI is InChI=1S/C34H35IN8O5/c1-41-26-17-36-28(15-25(26)42(33(41)46)22-11-10-21(14-22)37-32(45)47-2)38-27-13-12-23-29(35)40-43(30(23)39-27)34(16-24(34)20-8-9-20)31(44)48-18-19-6-4-3-5-7-19/h3-7,12-13,15,17,20-22,24H,8-11,14,16,18H2,1-2H3,(H,37,45)(H,36,38,39)/t21-,22-,24-,34+/m1/s1/i1D3,21D. The molecule has 1 aromatic carbocycles. The average molecular weight is 767 g/mol. The highest BCUT2D eigenvalue weighted by atomic mass is 127. The Labute approximate surface area is 294 Å². The highest BCUT2D eigenvalue weighted by molar-refractivity contribution is 14.1. The Morgan fingerprint density at radius 2 is 1.96 bits per heavy atom. The molecular weight excluding hydrogens is 727 g/mol. The summed E-state index contributed by atoms with van der Waals surface area (Å²) in [7, 11) is 1.21. The Hall–Kier alpha value is -4.47.